The van der Waals surface area contributed by atoms with Gasteiger partial charge in [-0.2, -0.15) is 0 Å². The largest absolute Gasteiger partial charge is 0.394 e. The monoisotopic (exact) mass is 1280 g/mol. The first-order chi connectivity index (χ1) is 43.8. The molecule has 0 aromatic rings. The van der Waals surface area contributed by atoms with E-state index in [1.807, 2.05) is 6.08 Å². The molecule has 0 aliphatic carbocycles. The van der Waals surface area contributed by atoms with E-state index in [0.717, 1.165) is 83.5 Å². The number of carbonyl (C=O) groups excluding carboxylic acids is 1. The van der Waals surface area contributed by atoms with Crippen molar-refractivity contribution in [3.05, 3.63) is 60.8 Å². The summed E-state index contributed by atoms with van der Waals surface area (Å²) in [4.78, 5) is 13.4. The Morgan fingerprint density at radius 1 is 0.400 bits per heavy atom. The highest BCUT2D eigenvalue weighted by Gasteiger charge is 2.53. The van der Waals surface area contributed by atoms with Gasteiger partial charge in [-0.05, 0) is 77.0 Å². The van der Waals surface area contributed by atoms with Gasteiger partial charge in [0.25, 0.3) is 0 Å². The quantitative estimate of drug-likeness (QED) is 0.0199. The van der Waals surface area contributed by atoms with E-state index in [2.05, 4.69) is 67.8 Å². The number of allylic oxidation sites excluding steroid dienone is 9. The van der Waals surface area contributed by atoms with E-state index in [1.165, 1.54) is 135 Å². The van der Waals surface area contributed by atoms with Gasteiger partial charge in [0, 0.05) is 6.42 Å². The molecule has 3 heterocycles. The molecule has 0 aromatic heterocycles. The molecule has 0 aromatic carbocycles. The molecule has 524 valence electrons. The van der Waals surface area contributed by atoms with Crippen LogP contribution < -0.4 is 5.32 Å². The van der Waals surface area contributed by atoms with E-state index < -0.39 is 124 Å². The maximum absolute atomic E-state index is 13.4. The smallest absolute Gasteiger partial charge is 0.220 e. The van der Waals surface area contributed by atoms with Gasteiger partial charge in [0.05, 0.1) is 38.6 Å². The molecule has 3 aliphatic heterocycles. The predicted octanol–water partition coefficient (Wildman–Crippen LogP) is 9.55. The van der Waals surface area contributed by atoms with E-state index in [0.29, 0.717) is 12.8 Å². The molecule has 3 fully saturated rings. The Kier molecular flexibility index (Phi) is 47.9. The van der Waals surface area contributed by atoms with Crippen LogP contribution in [0.5, 0.6) is 0 Å². The van der Waals surface area contributed by atoms with Crippen LogP contribution in [0.15, 0.2) is 60.8 Å². The molecule has 1 amide bonds. The first kappa shape index (κ1) is 81.7. The van der Waals surface area contributed by atoms with Gasteiger partial charge >= 0.3 is 0 Å². The number of rotatable bonds is 54. The van der Waals surface area contributed by atoms with Gasteiger partial charge in [-0.1, -0.05) is 229 Å². The van der Waals surface area contributed by atoms with Crippen molar-refractivity contribution in [2.24, 2.45) is 0 Å². The fourth-order valence-electron chi connectivity index (χ4n) is 11.7. The third-order valence-electron chi connectivity index (χ3n) is 17.5. The standard InChI is InChI=1S/C71H127NO18/c1-3-5-7-9-11-13-15-17-19-21-22-23-24-25-26-27-28-29-30-31-33-34-36-38-40-42-44-46-48-55(76)54(72-59(77)49-47-45-43-41-39-37-35-32-20-18-16-14-12-10-8-6-4-2)53-85-69-65(83)62(80)67(57(51-74)87-69)90-71-66(84)63(81)68(58(52-75)88-71)89-70-64(82)61(79)60(78)56(50-73)86-70/h12,14,18,20,31,33,38,40,46,48,54-58,60-71,73-76,78-84H,3-11,13,15-17,19,21-30,32,34-37,39,41-45,47,49-53H2,1-2H3,(H,72,77)/b14-12-,20-18-,33-31+,40-38+,48-46+. The summed E-state index contributed by atoms with van der Waals surface area (Å²) in [6.45, 7) is 1.68. The highest BCUT2D eigenvalue weighted by atomic mass is 16.8. The van der Waals surface area contributed by atoms with Crippen LogP contribution in [0.25, 0.3) is 0 Å². The van der Waals surface area contributed by atoms with Gasteiger partial charge in [-0.25, -0.2) is 0 Å². The van der Waals surface area contributed by atoms with Gasteiger partial charge in [0.2, 0.25) is 5.91 Å². The van der Waals surface area contributed by atoms with Crippen molar-refractivity contribution in [1.29, 1.82) is 0 Å². The van der Waals surface area contributed by atoms with Crippen molar-refractivity contribution in [2.75, 3.05) is 26.4 Å². The number of ether oxygens (including phenoxy) is 6. The number of aliphatic hydroxyl groups excluding tert-OH is 11. The molecule has 3 saturated heterocycles. The van der Waals surface area contributed by atoms with Crippen LogP contribution in [-0.2, 0) is 33.2 Å². The fraction of sp³-hybridized carbons (Fsp3) is 0.845. The predicted molar refractivity (Wildman–Crippen MR) is 351 cm³/mol. The molecule has 0 radical (unpaired) electrons. The lowest BCUT2D eigenvalue weighted by molar-refractivity contribution is -0.379. The molecule has 17 atom stereocenters. The highest BCUT2D eigenvalue weighted by Crippen LogP contribution is 2.33. The average Bonchev–Trinajstić information content (AvgIpc) is 0.847. The molecule has 3 rings (SSSR count). The van der Waals surface area contributed by atoms with Gasteiger partial charge in [0.1, 0.15) is 73.2 Å². The summed E-state index contributed by atoms with van der Waals surface area (Å²) in [7, 11) is 0. The molecular weight excluding hydrogens is 1150 g/mol. The number of aliphatic hydroxyl groups is 11. The molecule has 0 bridgehead atoms. The Labute approximate surface area is 541 Å². The maximum Gasteiger partial charge on any atom is 0.220 e. The second-order valence-electron chi connectivity index (χ2n) is 25.3. The Morgan fingerprint density at radius 3 is 1.20 bits per heavy atom. The van der Waals surface area contributed by atoms with E-state index in [4.69, 9.17) is 28.4 Å². The summed E-state index contributed by atoms with van der Waals surface area (Å²) in [5, 5.41) is 120. The topological polar surface area (TPSA) is 307 Å². The van der Waals surface area contributed by atoms with E-state index in [9.17, 15) is 61.0 Å². The third-order valence-corrected chi connectivity index (χ3v) is 17.5. The Bertz CT molecular complexity index is 1870. The SMILES string of the molecule is CCCCC/C=C\C/C=C\CCCCCCCCCC(=O)NC(COC1OC(CO)C(OC2OC(CO)C(OC3OC(CO)C(O)C(O)C3O)C(O)C2O)C(O)C1O)C(O)/C=C/CC/C=C/CC/C=C/CCCCCCCCCCCCCCCCCCCC. The molecule has 0 spiro atoms. The first-order valence-corrected chi connectivity index (χ1v) is 35.5. The molecule has 0 saturated carbocycles. The van der Waals surface area contributed by atoms with E-state index in [-0.39, 0.29) is 18.9 Å². The van der Waals surface area contributed by atoms with Crippen LogP contribution in [-0.4, -0.2) is 193 Å². The number of hydrogen-bond donors (Lipinski definition) is 12. The molecule has 17 unspecified atom stereocenters. The summed E-state index contributed by atoms with van der Waals surface area (Å²) >= 11 is 0. The molecule has 3 aliphatic rings. The normalized spacial score (nSPS) is 28.4. The van der Waals surface area contributed by atoms with Crippen LogP contribution in [0.3, 0.4) is 0 Å². The summed E-state index contributed by atoms with van der Waals surface area (Å²) in [5.74, 6) is -0.298. The number of carbonyl (C=O) groups is 1. The minimum atomic E-state index is -1.99. The number of amides is 1. The Hall–Kier alpha value is -2.51. The summed E-state index contributed by atoms with van der Waals surface area (Å²) in [6.07, 6.45) is 37.8. The second kappa shape index (κ2) is 52.7. The molecule has 19 nitrogen and oxygen atoms in total. The summed E-state index contributed by atoms with van der Waals surface area (Å²) in [5.41, 5.74) is 0. The number of nitrogens with one attached hydrogen (secondary N) is 1. The maximum atomic E-state index is 13.4. The number of hydrogen-bond acceptors (Lipinski definition) is 18. The van der Waals surface area contributed by atoms with Crippen LogP contribution in [0, 0.1) is 0 Å². The molecule has 12 N–H and O–H groups in total. The van der Waals surface area contributed by atoms with Crippen LogP contribution in [0.2, 0.25) is 0 Å². The zero-order valence-corrected chi connectivity index (χ0v) is 55.4. The fourth-order valence-corrected chi connectivity index (χ4v) is 11.7. The lowest BCUT2D eigenvalue weighted by Crippen LogP contribution is -2.66. The lowest BCUT2D eigenvalue weighted by Gasteiger charge is -2.48. The Morgan fingerprint density at radius 2 is 0.744 bits per heavy atom. The first-order valence-electron chi connectivity index (χ1n) is 35.5. The zero-order chi connectivity index (χ0) is 65.4. The van der Waals surface area contributed by atoms with Crippen molar-refractivity contribution < 1.29 is 89.4 Å². The van der Waals surface area contributed by atoms with Crippen molar-refractivity contribution >= 4 is 5.91 Å². The van der Waals surface area contributed by atoms with Crippen molar-refractivity contribution in [3.63, 3.8) is 0 Å². The van der Waals surface area contributed by atoms with Gasteiger partial charge in [-0.15, -0.1) is 0 Å². The van der Waals surface area contributed by atoms with E-state index >= 15 is 0 Å². The molecule has 19 heteroatoms. The van der Waals surface area contributed by atoms with Crippen molar-refractivity contribution in [3.8, 4) is 0 Å². The highest BCUT2D eigenvalue weighted by molar-refractivity contribution is 5.76. The zero-order valence-electron chi connectivity index (χ0n) is 55.4. The van der Waals surface area contributed by atoms with E-state index in [1.54, 1.807) is 6.08 Å². The lowest BCUT2D eigenvalue weighted by atomic mass is 9.96. The van der Waals surface area contributed by atoms with Crippen molar-refractivity contribution in [1.82, 2.24) is 5.32 Å². The van der Waals surface area contributed by atoms with Crippen LogP contribution in [0.1, 0.15) is 251 Å². The minimum absolute atomic E-state index is 0.221. The van der Waals surface area contributed by atoms with Gasteiger partial charge in [-0.3, -0.25) is 4.79 Å². The average molecular weight is 1280 g/mol. The minimum Gasteiger partial charge on any atom is -0.394 e. The van der Waals surface area contributed by atoms with Crippen LogP contribution in [0.4, 0.5) is 0 Å². The molecule has 90 heavy (non-hydrogen) atoms. The third kappa shape index (κ3) is 34.2. The summed E-state index contributed by atoms with van der Waals surface area (Å²) < 4.78 is 34.3. The van der Waals surface area contributed by atoms with Crippen molar-refractivity contribution in [2.45, 2.75) is 356 Å². The van der Waals surface area contributed by atoms with Crippen LogP contribution >= 0.6 is 0 Å². The Balaban J connectivity index is 1.44. The number of unbranched alkanes of at least 4 members (excludes halogenated alkanes) is 30. The second-order valence-corrected chi connectivity index (χ2v) is 25.3. The van der Waals surface area contributed by atoms with Gasteiger partial charge < -0.3 is 89.9 Å². The molecular formula is C71H127NO18. The summed E-state index contributed by atoms with van der Waals surface area (Å²) in [6, 6.07) is -1.00. The van der Waals surface area contributed by atoms with Gasteiger partial charge in [0.15, 0.2) is 18.9 Å².